The van der Waals surface area contributed by atoms with Crippen LogP contribution >= 0.6 is 15.9 Å². The molecule has 0 fully saturated rings. The maximum atomic E-state index is 13.3. The summed E-state index contributed by atoms with van der Waals surface area (Å²) in [5, 5.41) is 4.56. The van der Waals surface area contributed by atoms with Gasteiger partial charge in [0.2, 0.25) is 0 Å². The monoisotopic (exact) mass is 466 g/mol. The van der Waals surface area contributed by atoms with Gasteiger partial charge in [0.1, 0.15) is 5.82 Å². The van der Waals surface area contributed by atoms with Gasteiger partial charge >= 0.3 is 0 Å². The highest BCUT2D eigenvalue weighted by molar-refractivity contribution is 9.10. The number of nitrogens with zero attached hydrogens (tertiary/aromatic N) is 2. The van der Waals surface area contributed by atoms with Crippen LogP contribution in [0, 0.1) is 19.7 Å². The fourth-order valence-corrected chi connectivity index (χ4v) is 4.15. The van der Waals surface area contributed by atoms with Crippen LogP contribution in [0.5, 0.6) is 0 Å². The van der Waals surface area contributed by atoms with Crippen LogP contribution in [0.4, 0.5) is 4.39 Å². The number of hydrogen-bond acceptors (Lipinski definition) is 3. The van der Waals surface area contributed by atoms with E-state index < -0.39 is 10.1 Å². The lowest BCUT2D eigenvalue weighted by atomic mass is 10.0. The van der Waals surface area contributed by atoms with Gasteiger partial charge < -0.3 is 0 Å². The van der Waals surface area contributed by atoms with E-state index in [0.717, 1.165) is 39.0 Å². The molecule has 0 bridgehead atoms. The summed E-state index contributed by atoms with van der Waals surface area (Å²) in [5.41, 5.74) is 4.40. The molecule has 1 heterocycles. The standard InChI is InChI=1S/C20H20BrFN2O3S/c1-13-5-10-18(28(25,26)27)12-16(13)4-3-11-24-20(19(21)14(2)23-24)15-6-8-17(22)9-7-15/h5-10,12H,3-4,11H2,1-2H3,(H,25,26,27). The van der Waals surface area contributed by atoms with E-state index in [1.165, 1.54) is 24.3 Å². The normalized spacial score (nSPS) is 11.8. The highest BCUT2D eigenvalue weighted by Crippen LogP contribution is 2.31. The van der Waals surface area contributed by atoms with E-state index in [-0.39, 0.29) is 10.7 Å². The molecule has 1 aromatic heterocycles. The van der Waals surface area contributed by atoms with E-state index in [1.54, 1.807) is 18.2 Å². The SMILES string of the molecule is Cc1ccc(S(=O)(=O)O)cc1CCCn1nc(C)c(Br)c1-c1ccc(F)cc1. The van der Waals surface area contributed by atoms with Gasteiger partial charge in [0, 0.05) is 12.1 Å². The maximum Gasteiger partial charge on any atom is 0.294 e. The molecule has 3 aromatic rings. The van der Waals surface area contributed by atoms with E-state index in [1.807, 2.05) is 18.5 Å². The quantitative estimate of drug-likeness (QED) is 0.521. The summed E-state index contributed by atoms with van der Waals surface area (Å²) in [5.74, 6) is -0.295. The third-order valence-corrected chi connectivity index (χ3v) is 6.41. The first-order valence-corrected chi connectivity index (χ1v) is 11.0. The Kier molecular flexibility index (Phi) is 6.02. The molecule has 0 unspecified atom stereocenters. The van der Waals surface area contributed by atoms with Crippen LogP contribution in [0.3, 0.4) is 0 Å². The van der Waals surface area contributed by atoms with Crippen molar-refractivity contribution < 1.29 is 17.4 Å². The van der Waals surface area contributed by atoms with Gasteiger partial charge in [0.15, 0.2) is 0 Å². The molecular formula is C20H20BrFN2O3S. The predicted octanol–water partition coefficient (Wildman–Crippen LogP) is 4.95. The molecule has 2 aromatic carbocycles. The minimum Gasteiger partial charge on any atom is -0.282 e. The van der Waals surface area contributed by atoms with Crippen molar-refractivity contribution in [2.75, 3.05) is 0 Å². The van der Waals surface area contributed by atoms with Gasteiger partial charge in [0.05, 0.1) is 20.8 Å². The van der Waals surface area contributed by atoms with Crippen LogP contribution in [-0.4, -0.2) is 22.8 Å². The lowest BCUT2D eigenvalue weighted by molar-refractivity contribution is 0.483. The third kappa shape index (κ3) is 4.51. The summed E-state index contributed by atoms with van der Waals surface area (Å²) < 4.78 is 48.0. The summed E-state index contributed by atoms with van der Waals surface area (Å²) in [4.78, 5) is -0.0993. The van der Waals surface area contributed by atoms with E-state index >= 15 is 0 Å². The van der Waals surface area contributed by atoms with Gasteiger partial charge in [-0.05, 0) is 90.1 Å². The first-order valence-electron chi connectivity index (χ1n) is 8.72. The fraction of sp³-hybridized carbons (Fsp3) is 0.250. The molecule has 3 rings (SSSR count). The van der Waals surface area contributed by atoms with Crippen LogP contribution in [0.1, 0.15) is 23.2 Å². The molecule has 1 N–H and O–H groups in total. The molecule has 0 aliphatic rings. The number of benzene rings is 2. The first kappa shape index (κ1) is 20.7. The van der Waals surface area contributed by atoms with Crippen molar-refractivity contribution >= 4 is 26.0 Å². The van der Waals surface area contributed by atoms with E-state index in [4.69, 9.17) is 0 Å². The topological polar surface area (TPSA) is 72.2 Å². The average Bonchev–Trinajstić information content (AvgIpc) is 2.90. The van der Waals surface area contributed by atoms with Crippen molar-refractivity contribution in [2.45, 2.75) is 38.1 Å². The predicted molar refractivity (Wildman–Crippen MR) is 109 cm³/mol. The molecular weight excluding hydrogens is 447 g/mol. The Balaban J connectivity index is 1.81. The zero-order chi connectivity index (χ0) is 20.5. The van der Waals surface area contributed by atoms with Crippen molar-refractivity contribution in [1.82, 2.24) is 9.78 Å². The van der Waals surface area contributed by atoms with Crippen molar-refractivity contribution in [3.05, 3.63) is 69.6 Å². The molecule has 0 aliphatic heterocycles. The summed E-state index contributed by atoms with van der Waals surface area (Å²) in [7, 11) is -4.22. The van der Waals surface area contributed by atoms with Gasteiger partial charge in [-0.15, -0.1) is 0 Å². The molecule has 28 heavy (non-hydrogen) atoms. The van der Waals surface area contributed by atoms with E-state index in [9.17, 15) is 17.4 Å². The number of aryl methyl sites for hydroxylation is 4. The summed E-state index contributed by atoms with van der Waals surface area (Å²) in [6, 6.07) is 10.9. The number of aromatic nitrogens is 2. The lowest BCUT2D eigenvalue weighted by Crippen LogP contribution is -2.05. The molecule has 5 nitrogen and oxygen atoms in total. The van der Waals surface area contributed by atoms with E-state index in [0.29, 0.717) is 13.0 Å². The van der Waals surface area contributed by atoms with Crippen molar-refractivity contribution in [3.63, 3.8) is 0 Å². The Morgan fingerprint density at radius 3 is 2.46 bits per heavy atom. The Morgan fingerprint density at radius 1 is 1.14 bits per heavy atom. The van der Waals surface area contributed by atoms with Crippen LogP contribution in [0.15, 0.2) is 51.8 Å². The summed E-state index contributed by atoms with van der Waals surface area (Å²) >= 11 is 3.56. The molecule has 0 aliphatic carbocycles. The molecule has 0 radical (unpaired) electrons. The summed E-state index contributed by atoms with van der Waals surface area (Å²) in [6.07, 6.45) is 1.35. The van der Waals surface area contributed by atoms with Crippen LogP contribution in [-0.2, 0) is 23.1 Å². The summed E-state index contributed by atoms with van der Waals surface area (Å²) in [6.45, 7) is 4.41. The molecule has 0 spiro atoms. The first-order chi connectivity index (χ1) is 13.2. The largest absolute Gasteiger partial charge is 0.294 e. The van der Waals surface area contributed by atoms with Crippen molar-refractivity contribution in [2.24, 2.45) is 0 Å². The Labute approximate surface area is 172 Å². The smallest absolute Gasteiger partial charge is 0.282 e. The molecule has 148 valence electrons. The third-order valence-electron chi connectivity index (χ3n) is 4.61. The van der Waals surface area contributed by atoms with Gasteiger partial charge in [-0.1, -0.05) is 6.07 Å². The van der Waals surface area contributed by atoms with Gasteiger partial charge in [-0.2, -0.15) is 13.5 Å². The zero-order valence-corrected chi connectivity index (χ0v) is 17.9. The maximum absolute atomic E-state index is 13.3. The molecule has 0 saturated carbocycles. The lowest BCUT2D eigenvalue weighted by Gasteiger charge is -2.10. The van der Waals surface area contributed by atoms with Crippen LogP contribution < -0.4 is 0 Å². The van der Waals surface area contributed by atoms with Crippen LogP contribution in [0.25, 0.3) is 11.3 Å². The number of halogens is 2. The minimum absolute atomic E-state index is 0.0993. The average molecular weight is 467 g/mol. The zero-order valence-electron chi connectivity index (χ0n) is 15.5. The second kappa shape index (κ2) is 8.14. The van der Waals surface area contributed by atoms with Gasteiger partial charge in [-0.25, -0.2) is 4.39 Å². The second-order valence-electron chi connectivity index (χ2n) is 6.64. The van der Waals surface area contributed by atoms with Crippen LogP contribution in [0.2, 0.25) is 0 Å². The Morgan fingerprint density at radius 2 is 1.82 bits per heavy atom. The van der Waals surface area contributed by atoms with Crippen molar-refractivity contribution in [1.29, 1.82) is 0 Å². The second-order valence-corrected chi connectivity index (χ2v) is 8.86. The van der Waals surface area contributed by atoms with Gasteiger partial charge in [-0.3, -0.25) is 9.23 Å². The molecule has 0 amide bonds. The molecule has 8 heteroatoms. The van der Waals surface area contributed by atoms with E-state index in [2.05, 4.69) is 21.0 Å². The number of rotatable bonds is 6. The molecule has 0 saturated heterocycles. The number of hydrogen-bond donors (Lipinski definition) is 1. The molecule has 0 atom stereocenters. The Hall–Kier alpha value is -2.03. The Bertz CT molecular complexity index is 1110. The minimum atomic E-state index is -4.22. The van der Waals surface area contributed by atoms with Gasteiger partial charge in [0.25, 0.3) is 10.1 Å². The highest BCUT2D eigenvalue weighted by Gasteiger charge is 2.16. The highest BCUT2D eigenvalue weighted by atomic mass is 79.9. The fourth-order valence-electron chi connectivity index (χ4n) is 3.10. The van der Waals surface area contributed by atoms with Crippen molar-refractivity contribution in [3.8, 4) is 11.3 Å².